The van der Waals surface area contributed by atoms with E-state index in [0.717, 1.165) is 48.1 Å². The summed E-state index contributed by atoms with van der Waals surface area (Å²) >= 11 is 0. The molecule has 2 aliphatic heterocycles. The first-order valence-corrected chi connectivity index (χ1v) is 16.3. The van der Waals surface area contributed by atoms with Crippen LogP contribution in [-0.4, -0.2) is 128 Å². The van der Waals surface area contributed by atoms with Gasteiger partial charge in [0.1, 0.15) is 30.0 Å². The highest BCUT2D eigenvalue weighted by Crippen LogP contribution is 2.31. The molecule has 5 rings (SSSR count). The van der Waals surface area contributed by atoms with Crippen LogP contribution in [0.15, 0.2) is 42.5 Å². The molecule has 47 heavy (non-hydrogen) atoms. The van der Waals surface area contributed by atoms with Gasteiger partial charge in [-0.05, 0) is 69.3 Å². The topological polar surface area (TPSA) is 181 Å². The fraction of sp³-hybridized carbons (Fsp3) is 0.559. The summed E-state index contributed by atoms with van der Waals surface area (Å²) in [7, 11) is 2.04. The summed E-state index contributed by atoms with van der Waals surface area (Å²) < 4.78 is 11.4. The summed E-state index contributed by atoms with van der Waals surface area (Å²) in [6.07, 6.45) is -3.83. The van der Waals surface area contributed by atoms with Crippen LogP contribution in [0, 0.1) is 0 Å². The molecule has 0 unspecified atom stereocenters. The van der Waals surface area contributed by atoms with Gasteiger partial charge in [-0.25, -0.2) is 0 Å². The maximum atomic E-state index is 13.0. The Morgan fingerprint density at radius 3 is 2.34 bits per heavy atom. The predicted octanol–water partition coefficient (Wildman–Crippen LogP) is 0.518. The van der Waals surface area contributed by atoms with Crippen LogP contribution < -0.4 is 10.1 Å². The zero-order valence-electron chi connectivity index (χ0n) is 27.3. The van der Waals surface area contributed by atoms with Gasteiger partial charge >= 0.3 is 0 Å². The van der Waals surface area contributed by atoms with Crippen molar-refractivity contribution in [2.45, 2.75) is 82.2 Å². The normalized spacial score (nSPS) is 24.0. The zero-order valence-corrected chi connectivity index (χ0v) is 27.3. The minimum absolute atomic E-state index is 0.0453. The van der Waals surface area contributed by atoms with Crippen LogP contribution >= 0.6 is 0 Å². The minimum Gasteiger partial charge on any atom is -0.443 e. The van der Waals surface area contributed by atoms with Gasteiger partial charge in [0.25, 0.3) is 0 Å². The number of nitrogens with zero attached hydrogens (tertiary/aromatic N) is 3. The number of carbonyl (C=O) groups is 2. The van der Waals surface area contributed by atoms with E-state index in [1.807, 2.05) is 30.1 Å². The van der Waals surface area contributed by atoms with Crippen molar-refractivity contribution < 1.29 is 39.5 Å². The number of ether oxygens (including phenoxy) is 2. The second kappa shape index (κ2) is 15.1. The van der Waals surface area contributed by atoms with Crippen molar-refractivity contribution in [1.29, 1.82) is 0 Å². The minimum atomic E-state index is -1.55. The van der Waals surface area contributed by atoms with Gasteiger partial charge in [0.2, 0.25) is 24.0 Å². The van der Waals surface area contributed by atoms with E-state index < -0.39 is 42.9 Å². The number of amides is 2. The molecule has 1 aromatic heterocycles. The third-order valence-corrected chi connectivity index (χ3v) is 9.07. The van der Waals surface area contributed by atoms with Gasteiger partial charge in [0.05, 0.1) is 17.5 Å². The van der Waals surface area contributed by atoms with Gasteiger partial charge in [0.15, 0.2) is 0 Å². The first-order valence-electron chi connectivity index (χ1n) is 16.3. The van der Waals surface area contributed by atoms with Crippen LogP contribution in [-0.2, 0) is 33.6 Å². The molecule has 3 aromatic rings. The van der Waals surface area contributed by atoms with Crippen molar-refractivity contribution in [3.63, 3.8) is 0 Å². The quantitative estimate of drug-likeness (QED) is 0.161. The van der Waals surface area contributed by atoms with Crippen molar-refractivity contribution in [2.75, 3.05) is 39.8 Å². The maximum Gasteiger partial charge on any atom is 0.247 e. The Bertz CT molecular complexity index is 1500. The Balaban J connectivity index is 1.12. The molecule has 0 spiro atoms. The lowest BCUT2D eigenvalue weighted by molar-refractivity contribution is -0.277. The molecule has 2 fully saturated rings. The van der Waals surface area contributed by atoms with Gasteiger partial charge in [0, 0.05) is 32.6 Å². The number of likely N-dealkylation sites (N-methyl/N-ethyl adjacent to an activating group) is 1. The van der Waals surface area contributed by atoms with Crippen LogP contribution in [0.3, 0.4) is 0 Å². The molecule has 256 valence electrons. The van der Waals surface area contributed by atoms with Crippen molar-refractivity contribution in [3.05, 3.63) is 59.2 Å². The predicted molar refractivity (Wildman–Crippen MR) is 174 cm³/mol. The molecule has 0 radical (unpaired) electrons. The van der Waals surface area contributed by atoms with Gasteiger partial charge in [-0.2, -0.15) is 0 Å². The van der Waals surface area contributed by atoms with E-state index in [-0.39, 0.29) is 17.7 Å². The number of benzene rings is 2. The summed E-state index contributed by atoms with van der Waals surface area (Å²) in [6.45, 7) is 5.99. The molecule has 2 aromatic carbocycles. The van der Waals surface area contributed by atoms with E-state index in [1.54, 1.807) is 13.8 Å². The van der Waals surface area contributed by atoms with E-state index in [9.17, 15) is 30.0 Å². The highest BCUT2D eigenvalue weighted by Gasteiger charge is 2.45. The Hall–Kier alpha value is -3.59. The number of aromatic amines is 1. The average molecular weight is 654 g/mol. The fourth-order valence-electron chi connectivity index (χ4n) is 6.16. The molecule has 3 heterocycles. The average Bonchev–Trinajstić information content (AvgIpc) is 3.47. The molecular formula is C34H47N5O8. The number of carbonyl (C=O) groups excluding carboxylic acids is 2. The van der Waals surface area contributed by atoms with Crippen LogP contribution in [0.25, 0.3) is 10.9 Å². The molecule has 2 amide bonds. The standard InChI is InChI=1S/C34H47N5O8/c1-34(2,33(45)39-18-16-38(3)17-19-39)35-26(41)9-4-6-21-10-12-22(13-11-21)14-15-23-7-5-8-24-27(23)31(37-36-24)47-32-30(44)29(43)28(42)25(20-40)46-32/h5,7-8,10-13,25,28-30,32,40,42-44H,4,6,9,14-20H2,1-3H3,(H,35,41)(H,36,37)/t25-,28-,29+,30-,32+/m1/s1. The molecule has 0 saturated carbocycles. The Morgan fingerprint density at radius 1 is 0.979 bits per heavy atom. The van der Waals surface area contributed by atoms with E-state index in [2.05, 4.69) is 44.7 Å². The lowest BCUT2D eigenvalue weighted by Crippen LogP contribution is -2.60. The number of aromatic nitrogens is 2. The number of hydrogen-bond donors (Lipinski definition) is 6. The molecule has 2 saturated heterocycles. The molecule has 13 heteroatoms. The maximum absolute atomic E-state index is 13.0. The van der Waals surface area contributed by atoms with Crippen molar-refractivity contribution in [2.24, 2.45) is 0 Å². The smallest absolute Gasteiger partial charge is 0.247 e. The number of rotatable bonds is 12. The summed E-state index contributed by atoms with van der Waals surface area (Å²) in [5.74, 6) is 0.0138. The number of hydrogen-bond acceptors (Lipinski definition) is 10. The number of H-pyrrole nitrogens is 1. The number of piperazine rings is 1. The van der Waals surface area contributed by atoms with Gasteiger partial charge < -0.3 is 45.0 Å². The van der Waals surface area contributed by atoms with Crippen LogP contribution in [0.2, 0.25) is 0 Å². The first-order chi connectivity index (χ1) is 22.5. The molecule has 13 nitrogen and oxygen atoms in total. The lowest BCUT2D eigenvalue weighted by atomic mass is 9.99. The van der Waals surface area contributed by atoms with Crippen molar-refractivity contribution >= 4 is 22.7 Å². The SMILES string of the molecule is CN1CCN(C(=O)C(C)(C)NC(=O)CCCc2ccc(CCc3cccc4[nH]nc(O[C@@H]5O[C@H](CO)[C@@H](O)[C@H](O)[C@H]5O)c34)cc2)CC1. The monoisotopic (exact) mass is 653 g/mol. The van der Waals surface area contributed by atoms with E-state index in [4.69, 9.17) is 9.47 Å². The van der Waals surface area contributed by atoms with Gasteiger partial charge in [-0.1, -0.05) is 36.4 Å². The third-order valence-electron chi connectivity index (χ3n) is 9.07. The van der Waals surface area contributed by atoms with Crippen LogP contribution in [0.5, 0.6) is 5.88 Å². The van der Waals surface area contributed by atoms with Gasteiger partial charge in [-0.15, -0.1) is 5.10 Å². The molecular weight excluding hydrogens is 606 g/mol. The fourth-order valence-corrected chi connectivity index (χ4v) is 6.16. The zero-order chi connectivity index (χ0) is 33.7. The summed E-state index contributed by atoms with van der Waals surface area (Å²) in [5, 5.41) is 50.9. The largest absolute Gasteiger partial charge is 0.443 e. The summed E-state index contributed by atoms with van der Waals surface area (Å²) in [5.41, 5.74) is 3.00. The molecule has 2 aliphatic rings. The summed E-state index contributed by atoms with van der Waals surface area (Å²) in [4.78, 5) is 29.7. The third kappa shape index (κ3) is 8.29. The highest BCUT2D eigenvalue weighted by atomic mass is 16.7. The number of aliphatic hydroxyl groups excluding tert-OH is 4. The Kier molecular flexibility index (Phi) is 11.2. The summed E-state index contributed by atoms with van der Waals surface area (Å²) in [6, 6.07) is 14.0. The second-order valence-corrected chi connectivity index (χ2v) is 13.1. The van der Waals surface area contributed by atoms with Crippen molar-refractivity contribution in [3.8, 4) is 5.88 Å². The molecule has 0 aliphatic carbocycles. The van der Waals surface area contributed by atoms with Crippen molar-refractivity contribution in [1.82, 2.24) is 25.3 Å². The van der Waals surface area contributed by atoms with E-state index >= 15 is 0 Å². The molecule has 0 bridgehead atoms. The molecule has 5 atom stereocenters. The first kappa shape index (κ1) is 34.7. The van der Waals surface area contributed by atoms with Crippen LogP contribution in [0.4, 0.5) is 0 Å². The van der Waals surface area contributed by atoms with E-state index in [1.165, 1.54) is 0 Å². The number of aryl methyl sites for hydroxylation is 3. The Labute approximate surface area is 274 Å². The number of fused-ring (bicyclic) bond motifs is 1. The van der Waals surface area contributed by atoms with Crippen LogP contribution in [0.1, 0.15) is 43.4 Å². The number of aliphatic hydroxyl groups is 4. The lowest BCUT2D eigenvalue weighted by Gasteiger charge is -2.39. The second-order valence-electron chi connectivity index (χ2n) is 13.1. The van der Waals surface area contributed by atoms with Gasteiger partial charge in [-0.3, -0.25) is 14.7 Å². The highest BCUT2D eigenvalue weighted by molar-refractivity contribution is 5.91. The van der Waals surface area contributed by atoms with E-state index in [0.29, 0.717) is 37.7 Å². The number of nitrogens with one attached hydrogen (secondary N) is 2. The Morgan fingerprint density at radius 2 is 1.66 bits per heavy atom. The molecule has 6 N–H and O–H groups in total.